The van der Waals surface area contributed by atoms with Crippen LogP contribution in [0.2, 0.25) is 5.15 Å². The summed E-state index contributed by atoms with van der Waals surface area (Å²) in [5, 5.41) is 3.16. The lowest BCUT2D eigenvalue weighted by Crippen LogP contribution is -2.27. The Morgan fingerprint density at radius 3 is 2.90 bits per heavy atom. The molecule has 110 valence electrons. The molecule has 2 rings (SSSR count). The van der Waals surface area contributed by atoms with Crippen molar-refractivity contribution in [2.24, 2.45) is 0 Å². The summed E-state index contributed by atoms with van der Waals surface area (Å²) < 4.78 is 5.80. The number of aromatic nitrogens is 1. The minimum Gasteiger partial charge on any atom is -0.378 e. The quantitative estimate of drug-likeness (QED) is 0.648. The fourth-order valence-corrected chi connectivity index (χ4v) is 2.54. The molecule has 4 nitrogen and oxygen atoms in total. The Morgan fingerprint density at radius 1 is 1.35 bits per heavy atom. The molecule has 1 heterocycles. The number of amides is 1. The average molecular weight is 297 g/mol. The Balaban J connectivity index is 1.59. The van der Waals surface area contributed by atoms with Gasteiger partial charge in [0.1, 0.15) is 10.8 Å². The van der Waals surface area contributed by atoms with Crippen LogP contribution in [-0.4, -0.2) is 30.1 Å². The highest BCUT2D eigenvalue weighted by atomic mass is 35.5. The second-order valence-corrected chi connectivity index (χ2v) is 5.47. The molecule has 0 spiro atoms. The Kier molecular flexibility index (Phi) is 6.27. The van der Waals surface area contributed by atoms with Crippen molar-refractivity contribution >= 4 is 17.5 Å². The van der Waals surface area contributed by atoms with Crippen LogP contribution in [0.1, 0.15) is 49.0 Å². The molecule has 0 radical (unpaired) electrons. The van der Waals surface area contributed by atoms with Crippen LogP contribution < -0.4 is 5.32 Å². The highest BCUT2D eigenvalue weighted by Gasteiger charge is 2.13. The van der Waals surface area contributed by atoms with Crippen LogP contribution in [-0.2, 0) is 4.74 Å². The normalized spacial score (nSPS) is 16.1. The van der Waals surface area contributed by atoms with E-state index in [1.165, 1.54) is 32.1 Å². The molecule has 5 heteroatoms. The van der Waals surface area contributed by atoms with Gasteiger partial charge in [0.05, 0.1) is 6.10 Å². The summed E-state index contributed by atoms with van der Waals surface area (Å²) in [5.74, 6) is -0.190. The summed E-state index contributed by atoms with van der Waals surface area (Å²) in [6, 6.07) is 5.02. The predicted molar refractivity (Wildman–Crippen MR) is 79.0 cm³/mol. The van der Waals surface area contributed by atoms with Crippen molar-refractivity contribution in [2.45, 2.75) is 44.6 Å². The molecular formula is C15H21ClN2O2. The lowest BCUT2D eigenvalue weighted by Gasteiger charge is -2.21. The minimum absolute atomic E-state index is 0.190. The number of nitrogens with zero attached hydrogens (tertiary/aromatic N) is 1. The van der Waals surface area contributed by atoms with Gasteiger partial charge >= 0.3 is 0 Å². The first-order chi connectivity index (χ1) is 9.75. The van der Waals surface area contributed by atoms with Crippen molar-refractivity contribution in [1.82, 2.24) is 10.3 Å². The van der Waals surface area contributed by atoms with Crippen molar-refractivity contribution in [3.63, 3.8) is 0 Å². The molecule has 1 fully saturated rings. The largest absolute Gasteiger partial charge is 0.378 e. The molecule has 0 bridgehead atoms. The summed E-state index contributed by atoms with van der Waals surface area (Å²) in [7, 11) is 0. The van der Waals surface area contributed by atoms with E-state index < -0.39 is 0 Å². The van der Waals surface area contributed by atoms with Gasteiger partial charge in [-0.15, -0.1) is 0 Å². The third kappa shape index (κ3) is 5.10. The molecule has 1 amide bonds. The fourth-order valence-electron chi connectivity index (χ4n) is 2.38. The van der Waals surface area contributed by atoms with Crippen molar-refractivity contribution < 1.29 is 9.53 Å². The Hall–Kier alpha value is -1.13. The van der Waals surface area contributed by atoms with E-state index in [0.29, 0.717) is 30.1 Å². The van der Waals surface area contributed by atoms with Gasteiger partial charge in [0.25, 0.3) is 5.91 Å². The standard InChI is InChI=1S/C15H21ClN2O2/c16-14-9-4-8-13(18-14)15(19)17-10-5-11-20-12-6-2-1-3-7-12/h4,8-9,12H,1-3,5-7,10-11H2,(H,17,19). The van der Waals surface area contributed by atoms with Gasteiger partial charge in [-0.2, -0.15) is 0 Å². The maximum atomic E-state index is 11.8. The smallest absolute Gasteiger partial charge is 0.269 e. The van der Waals surface area contributed by atoms with E-state index in [1.807, 2.05) is 0 Å². The number of nitrogens with one attached hydrogen (secondary N) is 1. The molecule has 1 saturated carbocycles. The monoisotopic (exact) mass is 296 g/mol. The topological polar surface area (TPSA) is 51.2 Å². The Labute approximate surface area is 124 Å². The van der Waals surface area contributed by atoms with Crippen LogP contribution in [0.15, 0.2) is 18.2 Å². The SMILES string of the molecule is O=C(NCCCOC1CCCCC1)c1cccc(Cl)n1. The van der Waals surface area contributed by atoms with Crippen LogP contribution >= 0.6 is 11.6 Å². The molecule has 1 aliphatic carbocycles. The zero-order chi connectivity index (χ0) is 14.2. The van der Waals surface area contributed by atoms with Crippen molar-refractivity contribution in [3.8, 4) is 0 Å². The van der Waals surface area contributed by atoms with E-state index >= 15 is 0 Å². The van der Waals surface area contributed by atoms with E-state index in [2.05, 4.69) is 10.3 Å². The number of rotatable bonds is 6. The summed E-state index contributed by atoms with van der Waals surface area (Å²) >= 11 is 5.75. The lowest BCUT2D eigenvalue weighted by molar-refractivity contribution is 0.0273. The molecule has 0 atom stereocenters. The molecule has 0 unspecified atom stereocenters. The molecule has 0 saturated heterocycles. The maximum Gasteiger partial charge on any atom is 0.269 e. The summed E-state index contributed by atoms with van der Waals surface area (Å²) in [6.07, 6.45) is 7.50. The van der Waals surface area contributed by atoms with Crippen LogP contribution in [0.25, 0.3) is 0 Å². The average Bonchev–Trinajstić information content (AvgIpc) is 2.48. The summed E-state index contributed by atoms with van der Waals surface area (Å²) in [6.45, 7) is 1.30. The molecule has 1 aliphatic rings. The molecule has 20 heavy (non-hydrogen) atoms. The van der Waals surface area contributed by atoms with Crippen LogP contribution in [0.3, 0.4) is 0 Å². The zero-order valence-corrected chi connectivity index (χ0v) is 12.4. The van der Waals surface area contributed by atoms with E-state index in [1.54, 1.807) is 18.2 Å². The van der Waals surface area contributed by atoms with Gasteiger partial charge in [0.15, 0.2) is 0 Å². The van der Waals surface area contributed by atoms with Gasteiger partial charge < -0.3 is 10.1 Å². The zero-order valence-electron chi connectivity index (χ0n) is 11.6. The molecule has 0 aromatic carbocycles. The Morgan fingerprint density at radius 2 is 2.15 bits per heavy atom. The third-order valence-corrected chi connectivity index (χ3v) is 3.67. The molecular weight excluding hydrogens is 276 g/mol. The number of ether oxygens (including phenoxy) is 1. The van der Waals surface area contributed by atoms with E-state index in [4.69, 9.17) is 16.3 Å². The Bertz CT molecular complexity index is 434. The number of carbonyl (C=O) groups is 1. The van der Waals surface area contributed by atoms with Gasteiger partial charge in [0, 0.05) is 13.2 Å². The number of hydrogen-bond acceptors (Lipinski definition) is 3. The van der Waals surface area contributed by atoms with E-state index in [9.17, 15) is 4.79 Å². The van der Waals surface area contributed by atoms with Gasteiger partial charge in [-0.3, -0.25) is 4.79 Å². The lowest BCUT2D eigenvalue weighted by atomic mass is 9.98. The van der Waals surface area contributed by atoms with Gasteiger partial charge in [0.2, 0.25) is 0 Å². The van der Waals surface area contributed by atoms with Crippen LogP contribution in [0, 0.1) is 0 Å². The first-order valence-electron chi connectivity index (χ1n) is 7.28. The number of hydrogen-bond donors (Lipinski definition) is 1. The second-order valence-electron chi connectivity index (χ2n) is 5.09. The molecule has 1 N–H and O–H groups in total. The number of pyridine rings is 1. The van der Waals surface area contributed by atoms with Crippen molar-refractivity contribution in [2.75, 3.05) is 13.2 Å². The van der Waals surface area contributed by atoms with Crippen molar-refractivity contribution in [1.29, 1.82) is 0 Å². The van der Waals surface area contributed by atoms with Gasteiger partial charge in [-0.25, -0.2) is 4.98 Å². The second kappa shape index (κ2) is 8.22. The highest BCUT2D eigenvalue weighted by molar-refractivity contribution is 6.29. The predicted octanol–water partition coefficient (Wildman–Crippen LogP) is 3.20. The maximum absolute atomic E-state index is 11.8. The first kappa shape index (κ1) is 15.3. The van der Waals surface area contributed by atoms with E-state index in [-0.39, 0.29) is 5.91 Å². The fraction of sp³-hybridized carbons (Fsp3) is 0.600. The van der Waals surface area contributed by atoms with Crippen LogP contribution in [0.5, 0.6) is 0 Å². The number of halogens is 1. The summed E-state index contributed by atoms with van der Waals surface area (Å²) in [5.41, 5.74) is 0.352. The summed E-state index contributed by atoms with van der Waals surface area (Å²) in [4.78, 5) is 15.8. The van der Waals surface area contributed by atoms with E-state index in [0.717, 1.165) is 6.42 Å². The molecule has 0 aliphatic heterocycles. The van der Waals surface area contributed by atoms with Gasteiger partial charge in [-0.1, -0.05) is 36.9 Å². The van der Waals surface area contributed by atoms with Crippen molar-refractivity contribution in [3.05, 3.63) is 29.0 Å². The van der Waals surface area contributed by atoms with Crippen LogP contribution in [0.4, 0.5) is 0 Å². The first-order valence-corrected chi connectivity index (χ1v) is 7.66. The molecule has 1 aromatic heterocycles. The third-order valence-electron chi connectivity index (χ3n) is 3.46. The number of carbonyl (C=O) groups excluding carboxylic acids is 1. The minimum atomic E-state index is -0.190. The highest BCUT2D eigenvalue weighted by Crippen LogP contribution is 2.20. The molecule has 1 aromatic rings. The van der Waals surface area contributed by atoms with Gasteiger partial charge in [-0.05, 0) is 31.4 Å².